The zero-order chi connectivity index (χ0) is 14.4. The molecule has 2 atom stereocenters. The molecule has 0 spiro atoms. The summed E-state index contributed by atoms with van der Waals surface area (Å²) >= 11 is 0. The summed E-state index contributed by atoms with van der Waals surface area (Å²) < 4.78 is 5.39. The van der Waals surface area contributed by atoms with Crippen LogP contribution in [0.4, 0.5) is 0 Å². The largest absolute Gasteiger partial charge is 0.480 e. The standard InChI is InChI=1S/C13H24N2O4/c1-4-10(2)15(9-13(17)18)8-12(16)14-5-6-19-11(3)7-14/h10-11H,4-9H2,1-3H3,(H,17,18)/t10-,11-/m0/s1. The Hall–Kier alpha value is -1.14. The van der Waals surface area contributed by atoms with E-state index in [1.54, 1.807) is 9.80 Å². The molecule has 1 aliphatic heterocycles. The van der Waals surface area contributed by atoms with Gasteiger partial charge < -0.3 is 14.7 Å². The van der Waals surface area contributed by atoms with Crippen LogP contribution >= 0.6 is 0 Å². The SMILES string of the molecule is CC[C@H](C)N(CC(=O)O)CC(=O)N1CCO[C@@H](C)C1. The van der Waals surface area contributed by atoms with E-state index in [4.69, 9.17) is 9.84 Å². The van der Waals surface area contributed by atoms with E-state index >= 15 is 0 Å². The van der Waals surface area contributed by atoms with Crippen LogP contribution in [0.15, 0.2) is 0 Å². The molecule has 1 aliphatic rings. The van der Waals surface area contributed by atoms with Gasteiger partial charge in [0.05, 0.1) is 25.8 Å². The Kier molecular flexibility index (Phi) is 6.24. The fourth-order valence-electron chi connectivity index (χ4n) is 2.12. The molecular formula is C13H24N2O4. The Morgan fingerprint density at radius 1 is 1.47 bits per heavy atom. The Morgan fingerprint density at radius 2 is 2.16 bits per heavy atom. The van der Waals surface area contributed by atoms with Gasteiger partial charge in [0.1, 0.15) is 0 Å². The van der Waals surface area contributed by atoms with Crippen LogP contribution in [0.1, 0.15) is 27.2 Å². The number of rotatable bonds is 6. The molecule has 0 aliphatic carbocycles. The van der Waals surface area contributed by atoms with Crippen LogP contribution < -0.4 is 0 Å². The van der Waals surface area contributed by atoms with Crippen LogP contribution in [-0.2, 0) is 14.3 Å². The minimum absolute atomic E-state index is 0.0169. The zero-order valence-corrected chi connectivity index (χ0v) is 12.0. The lowest BCUT2D eigenvalue weighted by Gasteiger charge is -2.34. The molecule has 6 nitrogen and oxygen atoms in total. The molecule has 1 amide bonds. The molecule has 0 aromatic heterocycles. The van der Waals surface area contributed by atoms with Gasteiger partial charge in [0.15, 0.2) is 0 Å². The number of nitrogens with zero attached hydrogens (tertiary/aromatic N) is 2. The van der Waals surface area contributed by atoms with E-state index in [1.165, 1.54) is 0 Å². The third-order valence-electron chi connectivity index (χ3n) is 3.48. The molecule has 6 heteroatoms. The lowest BCUT2D eigenvalue weighted by Crippen LogP contribution is -2.50. The van der Waals surface area contributed by atoms with Crippen molar-refractivity contribution in [2.45, 2.75) is 39.3 Å². The highest BCUT2D eigenvalue weighted by Gasteiger charge is 2.25. The zero-order valence-electron chi connectivity index (χ0n) is 12.0. The van der Waals surface area contributed by atoms with Crippen molar-refractivity contribution in [3.8, 4) is 0 Å². The number of carbonyl (C=O) groups excluding carboxylic acids is 1. The molecule has 110 valence electrons. The Labute approximate surface area is 114 Å². The number of carboxylic acids is 1. The predicted octanol–water partition coefficient (Wildman–Crippen LogP) is 0.419. The molecule has 0 aromatic rings. The summed E-state index contributed by atoms with van der Waals surface area (Å²) in [4.78, 5) is 26.5. The van der Waals surface area contributed by atoms with Gasteiger partial charge in [-0.2, -0.15) is 0 Å². The number of carbonyl (C=O) groups is 2. The van der Waals surface area contributed by atoms with Crippen LogP contribution in [0.25, 0.3) is 0 Å². The second-order valence-electron chi connectivity index (χ2n) is 5.08. The van der Waals surface area contributed by atoms with Crippen molar-refractivity contribution >= 4 is 11.9 Å². The van der Waals surface area contributed by atoms with Gasteiger partial charge in [0.2, 0.25) is 5.91 Å². The van der Waals surface area contributed by atoms with Gasteiger partial charge in [-0.3, -0.25) is 14.5 Å². The maximum Gasteiger partial charge on any atom is 0.317 e. The van der Waals surface area contributed by atoms with Crippen molar-refractivity contribution < 1.29 is 19.4 Å². The monoisotopic (exact) mass is 272 g/mol. The minimum atomic E-state index is -0.900. The van der Waals surface area contributed by atoms with Crippen molar-refractivity contribution in [2.75, 3.05) is 32.8 Å². The normalized spacial score (nSPS) is 21.5. The molecule has 19 heavy (non-hydrogen) atoms. The number of hydrogen-bond donors (Lipinski definition) is 1. The maximum absolute atomic E-state index is 12.2. The van der Waals surface area contributed by atoms with Gasteiger partial charge in [-0.05, 0) is 20.3 Å². The average molecular weight is 272 g/mol. The van der Waals surface area contributed by atoms with E-state index in [1.807, 2.05) is 20.8 Å². The molecule has 0 radical (unpaired) electrons. The second kappa shape index (κ2) is 7.45. The number of carboxylic acid groups (broad SMARTS) is 1. The smallest absolute Gasteiger partial charge is 0.317 e. The molecule has 0 bridgehead atoms. The Morgan fingerprint density at radius 3 is 2.68 bits per heavy atom. The summed E-state index contributed by atoms with van der Waals surface area (Å²) in [5.41, 5.74) is 0. The molecular weight excluding hydrogens is 248 g/mol. The highest BCUT2D eigenvalue weighted by Crippen LogP contribution is 2.08. The van der Waals surface area contributed by atoms with Crippen molar-refractivity contribution in [3.63, 3.8) is 0 Å². The van der Waals surface area contributed by atoms with Crippen molar-refractivity contribution in [2.24, 2.45) is 0 Å². The minimum Gasteiger partial charge on any atom is -0.480 e. The van der Waals surface area contributed by atoms with Crippen molar-refractivity contribution in [3.05, 3.63) is 0 Å². The van der Waals surface area contributed by atoms with Gasteiger partial charge in [-0.25, -0.2) is 0 Å². The van der Waals surface area contributed by atoms with E-state index in [9.17, 15) is 9.59 Å². The lowest BCUT2D eigenvalue weighted by atomic mass is 10.2. The molecule has 0 aromatic carbocycles. The maximum atomic E-state index is 12.2. The van der Waals surface area contributed by atoms with E-state index in [0.29, 0.717) is 19.7 Å². The summed E-state index contributed by atoms with van der Waals surface area (Å²) in [6, 6.07) is 0.0820. The molecule has 0 saturated carbocycles. The van der Waals surface area contributed by atoms with E-state index < -0.39 is 5.97 Å². The summed E-state index contributed by atoms with van der Waals surface area (Å²) in [6.07, 6.45) is 0.870. The number of aliphatic carboxylic acids is 1. The highest BCUT2D eigenvalue weighted by molar-refractivity contribution is 5.79. The van der Waals surface area contributed by atoms with Crippen LogP contribution in [0.5, 0.6) is 0 Å². The van der Waals surface area contributed by atoms with Gasteiger partial charge in [-0.15, -0.1) is 0 Å². The lowest BCUT2D eigenvalue weighted by molar-refractivity contribution is -0.143. The summed E-state index contributed by atoms with van der Waals surface area (Å²) in [5, 5.41) is 8.91. The van der Waals surface area contributed by atoms with E-state index in [2.05, 4.69) is 0 Å². The van der Waals surface area contributed by atoms with Gasteiger partial charge >= 0.3 is 5.97 Å². The van der Waals surface area contributed by atoms with E-state index in [-0.39, 0.29) is 31.1 Å². The number of amides is 1. The van der Waals surface area contributed by atoms with Crippen molar-refractivity contribution in [1.29, 1.82) is 0 Å². The summed E-state index contributed by atoms with van der Waals surface area (Å²) in [6.45, 7) is 7.65. The quantitative estimate of drug-likeness (QED) is 0.759. The first-order valence-electron chi connectivity index (χ1n) is 6.79. The first kappa shape index (κ1) is 15.9. The fraction of sp³-hybridized carbons (Fsp3) is 0.846. The molecule has 1 fully saturated rings. The molecule has 1 N–H and O–H groups in total. The highest BCUT2D eigenvalue weighted by atomic mass is 16.5. The summed E-state index contributed by atoms with van der Waals surface area (Å²) in [5.74, 6) is -0.917. The number of hydrogen-bond acceptors (Lipinski definition) is 4. The van der Waals surface area contributed by atoms with Crippen LogP contribution in [0.2, 0.25) is 0 Å². The Bertz CT molecular complexity index is 322. The van der Waals surface area contributed by atoms with Crippen molar-refractivity contribution in [1.82, 2.24) is 9.80 Å². The van der Waals surface area contributed by atoms with Crippen LogP contribution in [-0.4, -0.2) is 71.7 Å². The fourth-order valence-corrected chi connectivity index (χ4v) is 2.12. The third kappa shape index (κ3) is 5.16. The predicted molar refractivity (Wildman–Crippen MR) is 71.0 cm³/mol. The third-order valence-corrected chi connectivity index (χ3v) is 3.48. The topological polar surface area (TPSA) is 70.1 Å². The molecule has 1 heterocycles. The van der Waals surface area contributed by atoms with Crippen LogP contribution in [0.3, 0.4) is 0 Å². The second-order valence-corrected chi connectivity index (χ2v) is 5.08. The average Bonchev–Trinajstić information content (AvgIpc) is 2.36. The Balaban J connectivity index is 2.56. The van der Waals surface area contributed by atoms with Crippen LogP contribution in [0, 0.1) is 0 Å². The van der Waals surface area contributed by atoms with Gasteiger partial charge in [-0.1, -0.05) is 6.92 Å². The van der Waals surface area contributed by atoms with Gasteiger partial charge in [0.25, 0.3) is 0 Å². The first-order valence-corrected chi connectivity index (χ1v) is 6.79. The molecule has 1 saturated heterocycles. The molecule has 0 unspecified atom stereocenters. The molecule has 1 rings (SSSR count). The summed E-state index contributed by atoms with van der Waals surface area (Å²) in [7, 11) is 0. The van der Waals surface area contributed by atoms with E-state index in [0.717, 1.165) is 6.42 Å². The number of morpholine rings is 1. The first-order chi connectivity index (χ1) is 8.93. The number of ether oxygens (including phenoxy) is 1. The van der Waals surface area contributed by atoms with Gasteiger partial charge in [0, 0.05) is 19.1 Å².